The van der Waals surface area contributed by atoms with E-state index in [9.17, 15) is 0 Å². The third kappa shape index (κ3) is 3.17. The van der Waals surface area contributed by atoms with Gasteiger partial charge in [-0.1, -0.05) is 12.1 Å². The zero-order chi connectivity index (χ0) is 13.8. The summed E-state index contributed by atoms with van der Waals surface area (Å²) >= 11 is 0. The minimum absolute atomic E-state index is 0.612. The van der Waals surface area contributed by atoms with Crippen LogP contribution in [-0.2, 0) is 13.0 Å². The SMILES string of the molecule is NCc1ccc(N(CCc2ccncc2)C2CC2)cc1. The molecule has 1 aromatic heterocycles. The molecule has 3 nitrogen and oxygen atoms in total. The molecule has 1 aliphatic rings. The molecule has 1 saturated carbocycles. The van der Waals surface area contributed by atoms with Crippen molar-refractivity contribution in [3.05, 3.63) is 59.9 Å². The van der Waals surface area contributed by atoms with Crippen molar-refractivity contribution in [2.75, 3.05) is 11.4 Å². The van der Waals surface area contributed by atoms with Crippen LogP contribution in [0.3, 0.4) is 0 Å². The van der Waals surface area contributed by atoms with Gasteiger partial charge in [-0.15, -0.1) is 0 Å². The number of pyridine rings is 1. The molecule has 0 amide bonds. The zero-order valence-electron chi connectivity index (χ0n) is 11.7. The van der Waals surface area contributed by atoms with Crippen LogP contribution in [0.2, 0.25) is 0 Å². The first-order valence-corrected chi connectivity index (χ1v) is 7.31. The smallest absolute Gasteiger partial charge is 0.0369 e. The topological polar surface area (TPSA) is 42.1 Å². The molecule has 20 heavy (non-hydrogen) atoms. The van der Waals surface area contributed by atoms with Crippen molar-refractivity contribution in [3.63, 3.8) is 0 Å². The fraction of sp³-hybridized carbons (Fsp3) is 0.353. The lowest BCUT2D eigenvalue weighted by molar-refractivity contribution is 0.776. The summed E-state index contributed by atoms with van der Waals surface area (Å²) in [7, 11) is 0. The molecule has 3 heteroatoms. The molecule has 1 heterocycles. The van der Waals surface area contributed by atoms with E-state index in [2.05, 4.69) is 46.3 Å². The fourth-order valence-electron chi connectivity index (χ4n) is 2.53. The Balaban J connectivity index is 1.69. The summed E-state index contributed by atoms with van der Waals surface area (Å²) in [6.07, 6.45) is 7.43. The Bertz CT molecular complexity index is 532. The second-order valence-corrected chi connectivity index (χ2v) is 5.40. The van der Waals surface area contributed by atoms with Gasteiger partial charge >= 0.3 is 0 Å². The first-order valence-electron chi connectivity index (χ1n) is 7.31. The van der Waals surface area contributed by atoms with Gasteiger partial charge in [-0.25, -0.2) is 0 Å². The van der Waals surface area contributed by atoms with Crippen LogP contribution in [0.25, 0.3) is 0 Å². The van der Waals surface area contributed by atoms with E-state index < -0.39 is 0 Å². The molecule has 1 aliphatic carbocycles. The first kappa shape index (κ1) is 13.1. The van der Waals surface area contributed by atoms with Crippen LogP contribution >= 0.6 is 0 Å². The average Bonchev–Trinajstić information content (AvgIpc) is 3.34. The van der Waals surface area contributed by atoms with Gasteiger partial charge < -0.3 is 10.6 Å². The second kappa shape index (κ2) is 6.06. The van der Waals surface area contributed by atoms with Crippen LogP contribution < -0.4 is 10.6 Å². The Hall–Kier alpha value is -1.87. The van der Waals surface area contributed by atoms with Gasteiger partial charge in [-0.2, -0.15) is 0 Å². The summed E-state index contributed by atoms with van der Waals surface area (Å²) in [5.74, 6) is 0. The predicted octanol–water partition coefficient (Wildman–Crippen LogP) is 2.75. The molecular formula is C17H21N3. The number of aromatic nitrogens is 1. The zero-order valence-corrected chi connectivity index (χ0v) is 11.7. The molecule has 2 aromatic rings. The van der Waals surface area contributed by atoms with E-state index in [1.54, 1.807) is 0 Å². The van der Waals surface area contributed by atoms with E-state index in [-0.39, 0.29) is 0 Å². The van der Waals surface area contributed by atoms with E-state index in [0.717, 1.165) is 19.0 Å². The Labute approximate surface area is 120 Å². The molecule has 2 N–H and O–H groups in total. The quantitative estimate of drug-likeness (QED) is 0.875. The number of anilines is 1. The van der Waals surface area contributed by atoms with Crippen molar-refractivity contribution in [2.24, 2.45) is 5.73 Å². The molecule has 0 radical (unpaired) electrons. The Morgan fingerprint density at radius 1 is 1.00 bits per heavy atom. The third-order valence-corrected chi connectivity index (χ3v) is 3.88. The molecule has 0 atom stereocenters. The van der Waals surface area contributed by atoms with E-state index in [1.165, 1.54) is 29.7 Å². The van der Waals surface area contributed by atoms with Gasteiger partial charge in [0.2, 0.25) is 0 Å². The number of hydrogen-bond acceptors (Lipinski definition) is 3. The van der Waals surface area contributed by atoms with E-state index >= 15 is 0 Å². The highest BCUT2D eigenvalue weighted by Gasteiger charge is 2.28. The summed E-state index contributed by atoms with van der Waals surface area (Å²) in [4.78, 5) is 6.60. The largest absolute Gasteiger partial charge is 0.368 e. The molecule has 3 rings (SSSR count). The summed E-state index contributed by atoms with van der Waals surface area (Å²) < 4.78 is 0. The standard InChI is InChI=1S/C17H21N3/c18-13-15-1-3-16(4-2-15)20(17-5-6-17)12-9-14-7-10-19-11-8-14/h1-4,7-8,10-11,17H,5-6,9,12-13,18H2. The van der Waals surface area contributed by atoms with Gasteiger partial charge in [0.25, 0.3) is 0 Å². The summed E-state index contributed by atoms with van der Waals surface area (Å²) in [5.41, 5.74) is 9.53. The molecule has 0 aliphatic heterocycles. The van der Waals surface area contributed by atoms with Gasteiger partial charge in [-0.3, -0.25) is 4.98 Å². The molecule has 0 unspecified atom stereocenters. The lowest BCUT2D eigenvalue weighted by atomic mass is 10.1. The van der Waals surface area contributed by atoms with Crippen molar-refractivity contribution >= 4 is 5.69 Å². The maximum Gasteiger partial charge on any atom is 0.0369 e. The predicted molar refractivity (Wildman–Crippen MR) is 82.6 cm³/mol. The van der Waals surface area contributed by atoms with Crippen LogP contribution in [0.1, 0.15) is 24.0 Å². The molecule has 104 valence electrons. The molecule has 1 fully saturated rings. The highest BCUT2D eigenvalue weighted by Crippen LogP contribution is 2.31. The van der Waals surface area contributed by atoms with Gasteiger partial charge in [0.1, 0.15) is 0 Å². The average molecular weight is 267 g/mol. The van der Waals surface area contributed by atoms with Crippen LogP contribution in [0.5, 0.6) is 0 Å². The maximum absolute atomic E-state index is 5.66. The Morgan fingerprint density at radius 3 is 2.30 bits per heavy atom. The van der Waals surface area contributed by atoms with Crippen LogP contribution in [-0.4, -0.2) is 17.6 Å². The number of nitrogens with two attached hydrogens (primary N) is 1. The third-order valence-electron chi connectivity index (χ3n) is 3.88. The fourth-order valence-corrected chi connectivity index (χ4v) is 2.53. The monoisotopic (exact) mass is 267 g/mol. The van der Waals surface area contributed by atoms with E-state index in [4.69, 9.17) is 5.73 Å². The molecule has 1 aromatic carbocycles. The first-order chi connectivity index (χ1) is 9.86. The lowest BCUT2D eigenvalue weighted by Gasteiger charge is -2.25. The number of nitrogens with zero attached hydrogens (tertiary/aromatic N) is 2. The summed E-state index contributed by atoms with van der Waals surface area (Å²) in [6.45, 7) is 1.68. The second-order valence-electron chi connectivity index (χ2n) is 5.40. The number of rotatable bonds is 6. The molecule has 0 spiro atoms. The summed E-state index contributed by atoms with van der Waals surface area (Å²) in [5, 5.41) is 0. The number of hydrogen-bond donors (Lipinski definition) is 1. The minimum atomic E-state index is 0.612. The van der Waals surface area contributed by atoms with Crippen LogP contribution in [0.4, 0.5) is 5.69 Å². The normalized spacial score (nSPS) is 14.2. The highest BCUT2D eigenvalue weighted by molar-refractivity contribution is 5.50. The maximum atomic E-state index is 5.66. The van der Waals surface area contributed by atoms with Crippen molar-refractivity contribution in [1.29, 1.82) is 0 Å². The summed E-state index contributed by atoms with van der Waals surface area (Å²) in [6, 6.07) is 13.6. The Kier molecular flexibility index (Phi) is 3.97. The van der Waals surface area contributed by atoms with Crippen molar-refractivity contribution in [2.45, 2.75) is 31.8 Å². The lowest BCUT2D eigenvalue weighted by Crippen LogP contribution is -2.28. The molecule has 0 bridgehead atoms. The minimum Gasteiger partial charge on any atom is -0.368 e. The highest BCUT2D eigenvalue weighted by atomic mass is 15.2. The van der Waals surface area contributed by atoms with Crippen LogP contribution in [0, 0.1) is 0 Å². The van der Waals surface area contributed by atoms with Gasteiger partial charge in [0.05, 0.1) is 0 Å². The molecule has 0 saturated heterocycles. The van der Waals surface area contributed by atoms with Crippen molar-refractivity contribution in [3.8, 4) is 0 Å². The van der Waals surface area contributed by atoms with E-state index in [1.807, 2.05) is 12.4 Å². The van der Waals surface area contributed by atoms with Crippen LogP contribution in [0.15, 0.2) is 48.8 Å². The van der Waals surface area contributed by atoms with Gasteiger partial charge in [0.15, 0.2) is 0 Å². The van der Waals surface area contributed by atoms with Gasteiger partial charge in [0, 0.05) is 37.2 Å². The Morgan fingerprint density at radius 2 is 1.70 bits per heavy atom. The van der Waals surface area contributed by atoms with E-state index in [0.29, 0.717) is 6.54 Å². The number of benzene rings is 1. The molecular weight excluding hydrogens is 246 g/mol. The van der Waals surface area contributed by atoms with Crippen molar-refractivity contribution < 1.29 is 0 Å². The van der Waals surface area contributed by atoms with Gasteiger partial charge in [-0.05, 0) is 54.7 Å². The van der Waals surface area contributed by atoms with Crippen molar-refractivity contribution in [1.82, 2.24) is 4.98 Å².